The minimum Gasteiger partial charge on any atom is -0.465 e. The molecule has 0 aromatic heterocycles. The van der Waals surface area contributed by atoms with Crippen molar-refractivity contribution in [2.75, 3.05) is 6.61 Å². The molecule has 3 heteroatoms. The van der Waals surface area contributed by atoms with Gasteiger partial charge in [0.15, 0.2) is 0 Å². The molecular formula is C10H17NO2. The third-order valence-corrected chi connectivity index (χ3v) is 1.51. The molecule has 1 atom stereocenters. The van der Waals surface area contributed by atoms with E-state index in [0.717, 1.165) is 6.42 Å². The first-order valence-electron chi connectivity index (χ1n) is 4.42. The van der Waals surface area contributed by atoms with Crippen molar-refractivity contribution >= 4 is 5.97 Å². The van der Waals surface area contributed by atoms with Crippen molar-refractivity contribution in [3.8, 4) is 0 Å². The van der Waals surface area contributed by atoms with E-state index in [1.165, 1.54) is 0 Å². The predicted molar refractivity (Wildman–Crippen MR) is 53.2 cm³/mol. The Kier molecular flexibility index (Phi) is 6.92. The summed E-state index contributed by atoms with van der Waals surface area (Å²) < 4.78 is 4.75. The average molecular weight is 183 g/mol. The van der Waals surface area contributed by atoms with Gasteiger partial charge in [-0.25, -0.2) is 0 Å². The van der Waals surface area contributed by atoms with E-state index in [0.29, 0.717) is 13.0 Å². The number of ether oxygens (including phenoxy) is 1. The Hall–Kier alpha value is -1.09. The topological polar surface area (TPSA) is 52.3 Å². The van der Waals surface area contributed by atoms with Gasteiger partial charge in [-0.2, -0.15) is 0 Å². The van der Waals surface area contributed by atoms with Gasteiger partial charge in [0, 0.05) is 0 Å². The number of carbonyl (C=O) groups excluding carboxylic acids is 1. The summed E-state index contributed by atoms with van der Waals surface area (Å²) in [4.78, 5) is 11.0. The van der Waals surface area contributed by atoms with E-state index in [4.69, 9.17) is 10.5 Å². The van der Waals surface area contributed by atoms with Crippen LogP contribution in [0.2, 0.25) is 0 Å². The van der Waals surface area contributed by atoms with Crippen LogP contribution in [0.15, 0.2) is 24.8 Å². The zero-order valence-corrected chi connectivity index (χ0v) is 8.03. The van der Waals surface area contributed by atoms with Crippen molar-refractivity contribution in [3.05, 3.63) is 24.8 Å². The highest BCUT2D eigenvalue weighted by Crippen LogP contribution is 1.98. The van der Waals surface area contributed by atoms with E-state index < -0.39 is 6.04 Å². The molecule has 0 radical (unpaired) electrons. The number of rotatable bonds is 6. The van der Waals surface area contributed by atoms with Gasteiger partial charge in [0.05, 0.1) is 6.61 Å². The molecule has 0 saturated carbocycles. The Morgan fingerprint density at radius 1 is 1.69 bits per heavy atom. The van der Waals surface area contributed by atoms with E-state index in [1.54, 1.807) is 13.0 Å². The van der Waals surface area contributed by atoms with Gasteiger partial charge >= 0.3 is 5.97 Å². The molecule has 0 bridgehead atoms. The van der Waals surface area contributed by atoms with E-state index >= 15 is 0 Å². The zero-order valence-electron chi connectivity index (χ0n) is 8.03. The fourth-order valence-corrected chi connectivity index (χ4v) is 0.835. The zero-order chi connectivity index (χ0) is 10.1. The Labute approximate surface area is 79.3 Å². The highest BCUT2D eigenvalue weighted by atomic mass is 16.5. The number of allylic oxidation sites excluding steroid dienone is 3. The van der Waals surface area contributed by atoms with Crippen LogP contribution < -0.4 is 5.73 Å². The maximum atomic E-state index is 11.0. The van der Waals surface area contributed by atoms with Gasteiger partial charge in [0.2, 0.25) is 0 Å². The molecule has 0 heterocycles. The number of esters is 1. The SMILES string of the molecule is C=C/C=C/CCC(N)C(=O)OCC. The Morgan fingerprint density at radius 3 is 2.92 bits per heavy atom. The fraction of sp³-hybridized carbons (Fsp3) is 0.500. The van der Waals surface area contributed by atoms with Crippen molar-refractivity contribution in [2.45, 2.75) is 25.8 Å². The lowest BCUT2D eigenvalue weighted by Gasteiger charge is -2.08. The Balaban J connectivity index is 3.60. The standard InChI is InChI=1S/C10H17NO2/c1-3-5-6-7-8-9(11)10(12)13-4-2/h3,5-6,9H,1,4,7-8,11H2,2H3/b6-5+. The molecular weight excluding hydrogens is 166 g/mol. The van der Waals surface area contributed by atoms with E-state index in [9.17, 15) is 4.79 Å². The highest BCUT2D eigenvalue weighted by Gasteiger charge is 2.12. The van der Waals surface area contributed by atoms with Gasteiger partial charge in [0.25, 0.3) is 0 Å². The maximum absolute atomic E-state index is 11.0. The van der Waals surface area contributed by atoms with Gasteiger partial charge in [-0.3, -0.25) is 4.79 Å². The minimum atomic E-state index is -0.505. The minimum absolute atomic E-state index is 0.325. The summed E-state index contributed by atoms with van der Waals surface area (Å²) in [5.41, 5.74) is 5.55. The van der Waals surface area contributed by atoms with Crippen LogP contribution >= 0.6 is 0 Å². The first-order chi connectivity index (χ1) is 6.22. The predicted octanol–water partition coefficient (Wildman–Crippen LogP) is 1.40. The molecule has 0 rings (SSSR count). The molecule has 0 saturated heterocycles. The lowest BCUT2D eigenvalue weighted by molar-refractivity contribution is -0.144. The summed E-state index contributed by atoms with van der Waals surface area (Å²) in [6.07, 6.45) is 6.83. The van der Waals surface area contributed by atoms with Crippen molar-refractivity contribution in [2.24, 2.45) is 5.73 Å². The Bertz CT molecular complexity index is 187. The van der Waals surface area contributed by atoms with Crippen LogP contribution in [-0.4, -0.2) is 18.6 Å². The molecule has 0 amide bonds. The lowest BCUT2D eigenvalue weighted by atomic mass is 10.1. The smallest absolute Gasteiger partial charge is 0.322 e. The molecule has 0 spiro atoms. The Morgan fingerprint density at radius 2 is 2.38 bits per heavy atom. The van der Waals surface area contributed by atoms with Gasteiger partial charge in [0.1, 0.15) is 6.04 Å². The second-order valence-electron chi connectivity index (χ2n) is 2.60. The van der Waals surface area contributed by atoms with Crippen molar-refractivity contribution in [3.63, 3.8) is 0 Å². The van der Waals surface area contributed by atoms with Crippen LogP contribution in [0.5, 0.6) is 0 Å². The molecule has 0 aromatic rings. The second kappa shape index (κ2) is 7.55. The molecule has 3 nitrogen and oxygen atoms in total. The number of hydrogen-bond donors (Lipinski definition) is 1. The number of carbonyl (C=O) groups is 1. The van der Waals surface area contributed by atoms with Crippen LogP contribution in [-0.2, 0) is 9.53 Å². The third-order valence-electron chi connectivity index (χ3n) is 1.51. The summed E-state index contributed by atoms with van der Waals surface area (Å²) in [7, 11) is 0. The lowest BCUT2D eigenvalue weighted by Crippen LogP contribution is -2.31. The first kappa shape index (κ1) is 11.9. The van der Waals surface area contributed by atoms with Crippen LogP contribution in [0.4, 0.5) is 0 Å². The molecule has 2 N–H and O–H groups in total. The average Bonchev–Trinajstić information content (AvgIpc) is 2.12. The van der Waals surface area contributed by atoms with Crippen molar-refractivity contribution in [1.29, 1.82) is 0 Å². The van der Waals surface area contributed by atoms with Gasteiger partial charge < -0.3 is 10.5 Å². The molecule has 0 aromatic carbocycles. The molecule has 0 aliphatic rings. The highest BCUT2D eigenvalue weighted by molar-refractivity contribution is 5.75. The molecule has 13 heavy (non-hydrogen) atoms. The first-order valence-corrected chi connectivity index (χ1v) is 4.42. The van der Waals surface area contributed by atoms with Crippen LogP contribution in [0, 0.1) is 0 Å². The molecule has 0 aliphatic heterocycles. The summed E-state index contributed by atoms with van der Waals surface area (Å²) >= 11 is 0. The molecule has 74 valence electrons. The van der Waals surface area contributed by atoms with Crippen LogP contribution in [0.3, 0.4) is 0 Å². The number of hydrogen-bond acceptors (Lipinski definition) is 3. The van der Waals surface area contributed by atoms with E-state index in [1.807, 2.05) is 12.2 Å². The summed E-state index contributed by atoms with van der Waals surface area (Å²) in [6.45, 7) is 5.68. The monoisotopic (exact) mass is 183 g/mol. The largest absolute Gasteiger partial charge is 0.465 e. The van der Waals surface area contributed by atoms with Crippen molar-refractivity contribution in [1.82, 2.24) is 0 Å². The summed E-state index contributed by atoms with van der Waals surface area (Å²) in [5, 5.41) is 0. The normalized spacial score (nSPS) is 12.8. The summed E-state index contributed by atoms with van der Waals surface area (Å²) in [5.74, 6) is -0.325. The molecule has 0 aliphatic carbocycles. The van der Waals surface area contributed by atoms with E-state index in [-0.39, 0.29) is 5.97 Å². The van der Waals surface area contributed by atoms with Gasteiger partial charge in [-0.15, -0.1) is 0 Å². The van der Waals surface area contributed by atoms with E-state index in [2.05, 4.69) is 6.58 Å². The van der Waals surface area contributed by atoms with Crippen molar-refractivity contribution < 1.29 is 9.53 Å². The second-order valence-corrected chi connectivity index (χ2v) is 2.60. The fourth-order valence-electron chi connectivity index (χ4n) is 0.835. The third kappa shape index (κ3) is 6.11. The molecule has 0 fully saturated rings. The summed E-state index contributed by atoms with van der Waals surface area (Å²) in [6, 6.07) is -0.505. The van der Waals surface area contributed by atoms with Crippen LogP contribution in [0.25, 0.3) is 0 Å². The van der Waals surface area contributed by atoms with Gasteiger partial charge in [-0.05, 0) is 19.8 Å². The quantitative estimate of drug-likeness (QED) is 0.500. The number of nitrogens with two attached hydrogens (primary N) is 1. The van der Waals surface area contributed by atoms with Crippen LogP contribution in [0.1, 0.15) is 19.8 Å². The maximum Gasteiger partial charge on any atom is 0.322 e. The van der Waals surface area contributed by atoms with Gasteiger partial charge in [-0.1, -0.05) is 24.8 Å². The molecule has 1 unspecified atom stereocenters.